The van der Waals surface area contributed by atoms with E-state index in [1.54, 1.807) is 6.20 Å². The topological polar surface area (TPSA) is 62.7 Å². The van der Waals surface area contributed by atoms with E-state index in [4.69, 9.17) is 0 Å². The van der Waals surface area contributed by atoms with Crippen molar-refractivity contribution in [3.63, 3.8) is 0 Å². The van der Waals surface area contributed by atoms with Crippen LogP contribution in [0.4, 0.5) is 17.5 Å². The van der Waals surface area contributed by atoms with E-state index in [1.807, 2.05) is 0 Å². The van der Waals surface area contributed by atoms with Gasteiger partial charge >= 0.3 is 0 Å². The van der Waals surface area contributed by atoms with E-state index < -0.39 is 0 Å². The quantitative estimate of drug-likeness (QED) is 0.895. The summed E-state index contributed by atoms with van der Waals surface area (Å²) in [6.45, 7) is 10.3. The fourth-order valence-corrected chi connectivity index (χ4v) is 1.95. The zero-order valence-corrected chi connectivity index (χ0v) is 12.7. The summed E-state index contributed by atoms with van der Waals surface area (Å²) >= 11 is 0. The van der Waals surface area contributed by atoms with Crippen molar-refractivity contribution in [3.8, 4) is 0 Å². The van der Waals surface area contributed by atoms with Crippen molar-refractivity contribution in [1.29, 1.82) is 0 Å². The van der Waals surface area contributed by atoms with Crippen LogP contribution in [0.3, 0.4) is 0 Å². The van der Waals surface area contributed by atoms with E-state index in [-0.39, 0.29) is 5.54 Å². The van der Waals surface area contributed by atoms with Gasteiger partial charge < -0.3 is 10.6 Å². The lowest BCUT2D eigenvalue weighted by Gasteiger charge is -2.20. The third-order valence-corrected chi connectivity index (χ3v) is 2.54. The Labute approximate surface area is 119 Å². The third-order valence-electron chi connectivity index (χ3n) is 2.54. The molecule has 0 aliphatic carbocycles. The minimum absolute atomic E-state index is 0.0970. The van der Waals surface area contributed by atoms with E-state index in [1.165, 1.54) is 11.1 Å². The van der Waals surface area contributed by atoms with Gasteiger partial charge in [0.15, 0.2) is 5.82 Å². The van der Waals surface area contributed by atoms with Crippen LogP contribution in [-0.4, -0.2) is 20.7 Å². The molecule has 0 unspecified atom stereocenters. The lowest BCUT2D eigenvalue weighted by molar-refractivity contribution is 0.623. The summed E-state index contributed by atoms with van der Waals surface area (Å²) in [5.74, 6) is 1.20. The van der Waals surface area contributed by atoms with E-state index in [0.29, 0.717) is 11.8 Å². The van der Waals surface area contributed by atoms with Crippen LogP contribution in [-0.2, 0) is 0 Å². The van der Waals surface area contributed by atoms with Gasteiger partial charge in [0, 0.05) is 11.2 Å². The van der Waals surface area contributed by atoms with Crippen molar-refractivity contribution in [2.75, 3.05) is 10.6 Å². The molecule has 2 N–H and O–H groups in total. The summed E-state index contributed by atoms with van der Waals surface area (Å²) in [5, 5.41) is 14.4. The first-order valence-electron chi connectivity index (χ1n) is 6.65. The maximum absolute atomic E-state index is 4.42. The molecular weight excluding hydrogens is 250 g/mol. The van der Waals surface area contributed by atoms with Gasteiger partial charge in [-0.05, 0) is 57.9 Å². The lowest BCUT2D eigenvalue weighted by Crippen LogP contribution is -2.27. The van der Waals surface area contributed by atoms with Crippen LogP contribution < -0.4 is 10.6 Å². The number of aryl methyl sites for hydroxylation is 2. The highest BCUT2D eigenvalue weighted by atomic mass is 15.3. The third kappa shape index (κ3) is 4.19. The number of rotatable bonds is 3. The van der Waals surface area contributed by atoms with E-state index >= 15 is 0 Å². The SMILES string of the molecule is Cc1cc(C)cc(Nc2cnnc(NC(C)(C)C)n2)c1. The summed E-state index contributed by atoms with van der Waals surface area (Å²) in [5.41, 5.74) is 3.33. The molecule has 1 aromatic heterocycles. The Balaban J connectivity index is 2.19. The Morgan fingerprint density at radius 3 is 2.25 bits per heavy atom. The van der Waals surface area contributed by atoms with Gasteiger partial charge in [0.1, 0.15) is 0 Å². The molecule has 0 atom stereocenters. The van der Waals surface area contributed by atoms with Crippen LogP contribution in [0.1, 0.15) is 31.9 Å². The zero-order chi connectivity index (χ0) is 14.8. The van der Waals surface area contributed by atoms with Crippen LogP contribution >= 0.6 is 0 Å². The molecule has 0 amide bonds. The monoisotopic (exact) mass is 271 g/mol. The van der Waals surface area contributed by atoms with Crippen molar-refractivity contribution >= 4 is 17.5 Å². The molecule has 2 aromatic rings. The fraction of sp³-hybridized carbons (Fsp3) is 0.400. The van der Waals surface area contributed by atoms with Gasteiger partial charge in [0.05, 0.1) is 6.20 Å². The summed E-state index contributed by atoms with van der Waals surface area (Å²) in [6.07, 6.45) is 1.62. The molecule has 0 radical (unpaired) electrons. The number of aromatic nitrogens is 3. The van der Waals surface area contributed by atoms with Crippen molar-refractivity contribution < 1.29 is 0 Å². The average Bonchev–Trinajstić information content (AvgIpc) is 2.25. The Morgan fingerprint density at radius 1 is 1.00 bits per heavy atom. The number of nitrogens with one attached hydrogen (secondary N) is 2. The first kappa shape index (κ1) is 14.2. The highest BCUT2D eigenvalue weighted by Gasteiger charge is 2.12. The van der Waals surface area contributed by atoms with Crippen molar-refractivity contribution in [1.82, 2.24) is 15.2 Å². The largest absolute Gasteiger partial charge is 0.348 e. The molecular formula is C15H21N5. The molecule has 1 heterocycles. The number of hydrogen-bond acceptors (Lipinski definition) is 5. The highest BCUT2D eigenvalue weighted by Crippen LogP contribution is 2.18. The van der Waals surface area contributed by atoms with Crippen molar-refractivity contribution in [2.45, 2.75) is 40.2 Å². The number of anilines is 3. The molecule has 106 valence electrons. The standard InChI is InChI=1S/C15H21N5/c1-10-6-11(2)8-12(7-10)17-13-9-16-20-14(18-13)19-15(3,4)5/h6-9H,1-5H3,(H2,17,18,19,20). The number of hydrogen-bond donors (Lipinski definition) is 2. The predicted molar refractivity (Wildman–Crippen MR) is 82.4 cm³/mol. The molecule has 0 aliphatic rings. The molecule has 2 rings (SSSR count). The summed E-state index contributed by atoms with van der Waals surface area (Å²) in [6, 6.07) is 6.29. The van der Waals surface area contributed by atoms with E-state index in [0.717, 1.165) is 5.69 Å². The Bertz CT molecular complexity index is 581. The molecule has 0 bridgehead atoms. The van der Waals surface area contributed by atoms with Gasteiger partial charge in [-0.15, -0.1) is 5.10 Å². The second-order valence-electron chi connectivity index (χ2n) is 6.04. The fourth-order valence-electron chi connectivity index (χ4n) is 1.95. The number of benzene rings is 1. The smallest absolute Gasteiger partial charge is 0.245 e. The molecule has 0 saturated heterocycles. The Morgan fingerprint density at radius 2 is 1.65 bits per heavy atom. The second kappa shape index (κ2) is 5.45. The zero-order valence-electron chi connectivity index (χ0n) is 12.7. The molecule has 0 spiro atoms. The van der Waals surface area contributed by atoms with Crippen molar-refractivity contribution in [3.05, 3.63) is 35.5 Å². The molecule has 0 fully saturated rings. The maximum atomic E-state index is 4.42. The predicted octanol–water partition coefficient (Wildman–Crippen LogP) is 3.44. The first-order chi connectivity index (χ1) is 9.32. The molecule has 5 heteroatoms. The van der Waals surface area contributed by atoms with E-state index in [9.17, 15) is 0 Å². The summed E-state index contributed by atoms with van der Waals surface area (Å²) < 4.78 is 0. The minimum atomic E-state index is -0.0970. The molecule has 0 aliphatic heterocycles. The van der Waals surface area contributed by atoms with Crippen LogP contribution in [0.15, 0.2) is 24.4 Å². The van der Waals surface area contributed by atoms with Crippen LogP contribution in [0.2, 0.25) is 0 Å². The maximum Gasteiger partial charge on any atom is 0.245 e. The van der Waals surface area contributed by atoms with Crippen LogP contribution in [0.25, 0.3) is 0 Å². The molecule has 20 heavy (non-hydrogen) atoms. The summed E-state index contributed by atoms with van der Waals surface area (Å²) in [4.78, 5) is 4.42. The average molecular weight is 271 g/mol. The van der Waals surface area contributed by atoms with Crippen molar-refractivity contribution in [2.24, 2.45) is 0 Å². The first-order valence-corrected chi connectivity index (χ1v) is 6.65. The number of nitrogens with zero attached hydrogens (tertiary/aromatic N) is 3. The van der Waals surface area contributed by atoms with E-state index in [2.05, 4.69) is 78.6 Å². The van der Waals surface area contributed by atoms with Crippen LogP contribution in [0, 0.1) is 13.8 Å². The van der Waals surface area contributed by atoms with Gasteiger partial charge in [0.25, 0.3) is 0 Å². The van der Waals surface area contributed by atoms with Gasteiger partial charge in [-0.2, -0.15) is 10.1 Å². The molecule has 0 saturated carbocycles. The molecule has 1 aromatic carbocycles. The summed E-state index contributed by atoms with van der Waals surface area (Å²) in [7, 11) is 0. The normalized spacial score (nSPS) is 11.2. The highest BCUT2D eigenvalue weighted by molar-refractivity contribution is 5.58. The second-order valence-corrected chi connectivity index (χ2v) is 6.04. The molecule has 5 nitrogen and oxygen atoms in total. The van der Waals surface area contributed by atoms with Gasteiger partial charge in [-0.3, -0.25) is 0 Å². The van der Waals surface area contributed by atoms with Gasteiger partial charge in [-0.1, -0.05) is 6.07 Å². The van der Waals surface area contributed by atoms with Gasteiger partial charge in [0.2, 0.25) is 5.95 Å². The van der Waals surface area contributed by atoms with Gasteiger partial charge in [-0.25, -0.2) is 0 Å². The Hall–Kier alpha value is -2.17. The minimum Gasteiger partial charge on any atom is -0.348 e. The lowest BCUT2D eigenvalue weighted by atomic mass is 10.1. The van der Waals surface area contributed by atoms with Crippen LogP contribution in [0.5, 0.6) is 0 Å². The Kier molecular flexibility index (Phi) is 3.88.